The van der Waals surface area contributed by atoms with E-state index < -0.39 is 21.7 Å². The summed E-state index contributed by atoms with van der Waals surface area (Å²) in [6, 6.07) is 0. The molecule has 1 saturated carbocycles. The van der Waals surface area contributed by atoms with Crippen molar-refractivity contribution in [3.8, 4) is 0 Å². The smallest absolute Gasteiger partial charge is 0.251 e. The number of carbonyl (C=O) groups is 1. The molecule has 1 atom stereocenters. The monoisotopic (exact) mass is 396 g/mol. The number of rotatable bonds is 5. The number of hydrogen-bond donors (Lipinski definition) is 1. The summed E-state index contributed by atoms with van der Waals surface area (Å²) >= 11 is 0. The Morgan fingerprint density at radius 1 is 1.37 bits per heavy atom. The number of imidazole rings is 1. The van der Waals surface area contributed by atoms with E-state index in [4.69, 9.17) is 4.74 Å². The van der Waals surface area contributed by atoms with Gasteiger partial charge in [-0.05, 0) is 31.6 Å². The van der Waals surface area contributed by atoms with Crippen LogP contribution in [0.5, 0.6) is 0 Å². The van der Waals surface area contributed by atoms with E-state index in [1.54, 1.807) is 10.5 Å². The largest absolute Gasteiger partial charge is 0.354 e. The molecule has 1 aromatic heterocycles. The van der Waals surface area contributed by atoms with Crippen molar-refractivity contribution in [3.05, 3.63) is 18.2 Å². The van der Waals surface area contributed by atoms with E-state index in [-0.39, 0.29) is 11.2 Å². The average Bonchev–Trinajstić information content (AvgIpc) is 3.39. The molecule has 2 fully saturated rings. The third-order valence-corrected chi connectivity index (χ3v) is 8.06. The highest BCUT2D eigenvalue weighted by Crippen LogP contribution is 2.42. The van der Waals surface area contributed by atoms with Crippen LogP contribution < -0.4 is 5.32 Å². The van der Waals surface area contributed by atoms with E-state index in [1.165, 1.54) is 0 Å². The standard InChI is InChI=1S/C18H28N4O4S/c1-13(2)11-20-16(23)15-12-21-10-7-19-17(21)18(26-15)5-8-22(9-6-18)27(24,25)14-3-4-14/h7,10,13-15H,3-6,8-9,11-12H2,1-2H3,(H,20,23). The second-order valence-corrected chi connectivity index (χ2v) is 10.5. The molecule has 1 amide bonds. The van der Waals surface area contributed by atoms with Gasteiger partial charge in [0.2, 0.25) is 10.0 Å². The van der Waals surface area contributed by atoms with Gasteiger partial charge in [-0.1, -0.05) is 13.8 Å². The fourth-order valence-electron chi connectivity index (χ4n) is 3.97. The first-order valence-corrected chi connectivity index (χ1v) is 11.3. The molecule has 0 aromatic carbocycles. The van der Waals surface area contributed by atoms with Crippen molar-refractivity contribution in [3.63, 3.8) is 0 Å². The van der Waals surface area contributed by atoms with Gasteiger partial charge in [0.25, 0.3) is 5.91 Å². The van der Waals surface area contributed by atoms with Crippen molar-refractivity contribution in [2.24, 2.45) is 5.92 Å². The maximum atomic E-state index is 12.6. The molecule has 0 bridgehead atoms. The lowest BCUT2D eigenvalue weighted by molar-refractivity contribution is -0.170. The summed E-state index contributed by atoms with van der Waals surface area (Å²) in [6.07, 6.45) is 5.58. The average molecular weight is 397 g/mol. The summed E-state index contributed by atoms with van der Waals surface area (Å²) in [5.41, 5.74) is -0.697. The van der Waals surface area contributed by atoms with Crippen LogP contribution in [-0.4, -0.2) is 59.2 Å². The zero-order valence-electron chi connectivity index (χ0n) is 15.9. The molecule has 1 spiro atoms. The Morgan fingerprint density at radius 3 is 2.70 bits per heavy atom. The first kappa shape index (κ1) is 18.9. The van der Waals surface area contributed by atoms with Gasteiger partial charge >= 0.3 is 0 Å². The van der Waals surface area contributed by atoms with E-state index >= 15 is 0 Å². The number of ether oxygens (including phenoxy) is 1. The molecular formula is C18H28N4O4S. The maximum Gasteiger partial charge on any atom is 0.251 e. The number of nitrogens with one attached hydrogen (secondary N) is 1. The summed E-state index contributed by atoms with van der Waals surface area (Å²) in [5, 5.41) is 2.75. The minimum Gasteiger partial charge on any atom is -0.354 e. The molecule has 1 aromatic rings. The van der Waals surface area contributed by atoms with Crippen LogP contribution in [0.15, 0.2) is 12.4 Å². The number of hydrogen-bond acceptors (Lipinski definition) is 5. The fraction of sp³-hybridized carbons (Fsp3) is 0.778. The van der Waals surface area contributed by atoms with Crippen molar-refractivity contribution in [2.75, 3.05) is 19.6 Å². The zero-order chi connectivity index (χ0) is 19.2. The Kier molecular flexibility index (Phi) is 4.80. The molecule has 3 aliphatic rings. The van der Waals surface area contributed by atoms with E-state index in [9.17, 15) is 13.2 Å². The number of fused-ring (bicyclic) bond motifs is 2. The normalized spacial score (nSPS) is 25.5. The Hall–Kier alpha value is -1.45. The Bertz CT molecular complexity index is 807. The summed E-state index contributed by atoms with van der Waals surface area (Å²) in [6.45, 7) is 5.96. The second kappa shape index (κ2) is 6.86. The van der Waals surface area contributed by atoms with Gasteiger partial charge in [-0.15, -0.1) is 0 Å². The van der Waals surface area contributed by atoms with Crippen molar-refractivity contribution >= 4 is 15.9 Å². The molecular weight excluding hydrogens is 368 g/mol. The molecule has 8 nitrogen and oxygen atoms in total. The molecule has 9 heteroatoms. The number of carbonyl (C=O) groups excluding carboxylic acids is 1. The van der Waals surface area contributed by atoms with Gasteiger partial charge in [0.05, 0.1) is 11.8 Å². The van der Waals surface area contributed by atoms with Gasteiger partial charge in [0.1, 0.15) is 11.4 Å². The van der Waals surface area contributed by atoms with Crippen LogP contribution >= 0.6 is 0 Å². The van der Waals surface area contributed by atoms with Gasteiger partial charge in [-0.3, -0.25) is 4.79 Å². The SMILES string of the molecule is CC(C)CNC(=O)C1Cn2ccnc2C2(CCN(S(=O)(=O)C3CC3)CC2)O1. The summed E-state index contributed by atoms with van der Waals surface area (Å²) in [5.74, 6) is 1.06. The molecule has 2 aliphatic heterocycles. The molecule has 1 N–H and O–H groups in total. The number of sulfonamides is 1. The van der Waals surface area contributed by atoms with Crippen LogP contribution in [0.1, 0.15) is 45.4 Å². The lowest BCUT2D eigenvalue weighted by Gasteiger charge is -2.45. The number of amides is 1. The predicted molar refractivity (Wildman–Crippen MR) is 99.4 cm³/mol. The van der Waals surface area contributed by atoms with E-state index in [0.29, 0.717) is 44.9 Å². The Labute approximate surface area is 160 Å². The molecule has 1 saturated heterocycles. The van der Waals surface area contributed by atoms with Crippen LogP contribution in [0.4, 0.5) is 0 Å². The molecule has 1 unspecified atom stereocenters. The van der Waals surface area contributed by atoms with Crippen molar-refractivity contribution in [1.82, 2.24) is 19.2 Å². The minimum absolute atomic E-state index is 0.115. The quantitative estimate of drug-likeness (QED) is 0.796. The van der Waals surface area contributed by atoms with Crippen LogP contribution in [-0.2, 0) is 31.7 Å². The van der Waals surface area contributed by atoms with Gasteiger partial charge in [-0.25, -0.2) is 17.7 Å². The molecule has 150 valence electrons. The fourth-order valence-corrected chi connectivity index (χ4v) is 5.82. The minimum atomic E-state index is -3.18. The molecule has 27 heavy (non-hydrogen) atoms. The highest BCUT2D eigenvalue weighted by atomic mass is 32.2. The molecule has 0 radical (unpaired) electrons. The topological polar surface area (TPSA) is 93.5 Å². The van der Waals surface area contributed by atoms with Crippen molar-refractivity contribution < 1.29 is 17.9 Å². The van der Waals surface area contributed by atoms with Gasteiger partial charge in [-0.2, -0.15) is 0 Å². The first-order valence-electron chi connectivity index (χ1n) is 9.78. The summed E-state index contributed by atoms with van der Waals surface area (Å²) in [4.78, 5) is 17.1. The van der Waals surface area contributed by atoms with Crippen LogP contribution in [0, 0.1) is 5.92 Å². The summed E-state index contributed by atoms with van der Waals surface area (Å²) < 4.78 is 35.0. The number of nitrogens with zero attached hydrogens (tertiary/aromatic N) is 3. The highest BCUT2D eigenvalue weighted by molar-refractivity contribution is 7.90. The Balaban J connectivity index is 1.51. The van der Waals surface area contributed by atoms with Gasteiger partial charge < -0.3 is 14.6 Å². The van der Waals surface area contributed by atoms with E-state index in [1.807, 2.05) is 24.6 Å². The second-order valence-electron chi connectivity index (χ2n) is 8.29. The maximum absolute atomic E-state index is 12.6. The van der Waals surface area contributed by atoms with Gasteiger partial charge in [0, 0.05) is 32.0 Å². The van der Waals surface area contributed by atoms with Crippen LogP contribution in [0.25, 0.3) is 0 Å². The van der Waals surface area contributed by atoms with Crippen molar-refractivity contribution in [2.45, 2.75) is 63.0 Å². The third kappa shape index (κ3) is 3.52. The third-order valence-electron chi connectivity index (χ3n) is 5.67. The van der Waals surface area contributed by atoms with E-state index in [2.05, 4.69) is 10.3 Å². The molecule has 4 rings (SSSR count). The lowest BCUT2D eigenvalue weighted by atomic mass is 9.89. The van der Waals surface area contributed by atoms with Gasteiger partial charge in [0.15, 0.2) is 6.10 Å². The number of piperidine rings is 1. The lowest BCUT2D eigenvalue weighted by Crippen LogP contribution is -2.55. The molecule has 3 heterocycles. The predicted octanol–water partition coefficient (Wildman–Crippen LogP) is 0.837. The van der Waals surface area contributed by atoms with E-state index in [0.717, 1.165) is 18.7 Å². The highest BCUT2D eigenvalue weighted by Gasteiger charge is 2.50. The van der Waals surface area contributed by atoms with Crippen molar-refractivity contribution in [1.29, 1.82) is 0 Å². The Morgan fingerprint density at radius 2 is 2.07 bits per heavy atom. The number of aromatic nitrogens is 2. The van der Waals surface area contributed by atoms with Crippen LogP contribution in [0.2, 0.25) is 0 Å². The summed E-state index contributed by atoms with van der Waals surface area (Å²) in [7, 11) is -3.18. The first-order chi connectivity index (χ1) is 12.8. The van der Waals surface area contributed by atoms with Crippen LogP contribution in [0.3, 0.4) is 0 Å². The zero-order valence-corrected chi connectivity index (χ0v) is 16.7. The molecule has 1 aliphatic carbocycles.